The van der Waals surface area contributed by atoms with Crippen LogP contribution in [0.3, 0.4) is 0 Å². The van der Waals surface area contributed by atoms with Crippen molar-refractivity contribution in [3.8, 4) is 5.75 Å². The van der Waals surface area contributed by atoms with Gasteiger partial charge >= 0.3 is 5.97 Å². The van der Waals surface area contributed by atoms with Gasteiger partial charge in [-0.05, 0) is 55.3 Å². The lowest BCUT2D eigenvalue weighted by atomic mass is 9.72. The van der Waals surface area contributed by atoms with Crippen LogP contribution in [0, 0.1) is 11.8 Å². The van der Waals surface area contributed by atoms with Gasteiger partial charge in [-0.1, -0.05) is 12.1 Å². The molecule has 1 heterocycles. The molecule has 3 rings (SSSR count). The molecule has 0 radical (unpaired) electrons. The van der Waals surface area contributed by atoms with Gasteiger partial charge < -0.3 is 14.7 Å². The molecule has 2 aliphatic rings. The summed E-state index contributed by atoms with van der Waals surface area (Å²) in [6.07, 6.45) is 3.35. The van der Waals surface area contributed by atoms with Gasteiger partial charge in [0.2, 0.25) is 0 Å². The standard InChI is InChI=1S/C17H23NO3/c1-18-10-11(7-17(19)20)6-13-8-14-12(9-15(13)18)4-3-5-16(14)21-2/h3-5,11,13,15H,6-10H2,1-2H3,(H,19,20)/t11-,13+,15+/m0/s1. The molecule has 1 aromatic carbocycles. The second-order valence-corrected chi connectivity index (χ2v) is 6.47. The molecule has 1 aromatic rings. The normalized spacial score (nSPS) is 28.6. The molecule has 0 saturated carbocycles. The number of benzene rings is 1. The van der Waals surface area contributed by atoms with Gasteiger partial charge in [-0.2, -0.15) is 0 Å². The van der Waals surface area contributed by atoms with Gasteiger partial charge in [-0.15, -0.1) is 0 Å². The lowest BCUT2D eigenvalue weighted by Gasteiger charge is -2.46. The fraction of sp³-hybridized carbons (Fsp3) is 0.588. The van der Waals surface area contributed by atoms with Crippen molar-refractivity contribution in [2.45, 2.75) is 31.7 Å². The molecule has 1 saturated heterocycles. The highest BCUT2D eigenvalue weighted by molar-refractivity contribution is 5.67. The molecule has 4 heteroatoms. The minimum Gasteiger partial charge on any atom is -0.496 e. The average molecular weight is 289 g/mol. The predicted octanol–water partition coefficient (Wildman–Crippen LogP) is 2.21. The molecular weight excluding hydrogens is 266 g/mol. The van der Waals surface area contributed by atoms with E-state index in [1.54, 1.807) is 7.11 Å². The van der Waals surface area contributed by atoms with Crippen molar-refractivity contribution in [2.75, 3.05) is 20.7 Å². The average Bonchev–Trinajstić information content (AvgIpc) is 2.44. The van der Waals surface area contributed by atoms with Crippen LogP contribution in [-0.2, 0) is 17.6 Å². The maximum atomic E-state index is 11.0. The van der Waals surface area contributed by atoms with Crippen molar-refractivity contribution in [1.29, 1.82) is 0 Å². The van der Waals surface area contributed by atoms with E-state index in [9.17, 15) is 4.79 Å². The Bertz CT molecular complexity index is 543. The largest absolute Gasteiger partial charge is 0.496 e. The number of ether oxygens (including phenoxy) is 1. The molecule has 0 spiro atoms. The van der Waals surface area contributed by atoms with Gasteiger partial charge in [0.25, 0.3) is 0 Å². The van der Waals surface area contributed by atoms with Gasteiger partial charge in [-0.25, -0.2) is 0 Å². The molecule has 21 heavy (non-hydrogen) atoms. The smallest absolute Gasteiger partial charge is 0.303 e. The van der Waals surface area contributed by atoms with E-state index in [0.29, 0.717) is 12.0 Å². The van der Waals surface area contributed by atoms with E-state index in [1.807, 2.05) is 6.07 Å². The number of methoxy groups -OCH3 is 1. The summed E-state index contributed by atoms with van der Waals surface area (Å²) in [5.74, 6) is 1.11. The van der Waals surface area contributed by atoms with E-state index in [2.05, 4.69) is 24.1 Å². The zero-order valence-corrected chi connectivity index (χ0v) is 12.7. The van der Waals surface area contributed by atoms with Gasteiger partial charge in [0, 0.05) is 19.0 Å². The molecule has 1 aliphatic carbocycles. The van der Waals surface area contributed by atoms with Gasteiger partial charge in [-0.3, -0.25) is 4.79 Å². The summed E-state index contributed by atoms with van der Waals surface area (Å²) in [5, 5.41) is 9.05. The Balaban J connectivity index is 1.83. The van der Waals surface area contributed by atoms with E-state index in [-0.39, 0.29) is 12.3 Å². The minimum atomic E-state index is -0.680. The fourth-order valence-corrected chi connectivity index (χ4v) is 4.21. The van der Waals surface area contributed by atoms with Crippen molar-refractivity contribution in [3.63, 3.8) is 0 Å². The van der Waals surface area contributed by atoms with Crippen LogP contribution in [0.4, 0.5) is 0 Å². The quantitative estimate of drug-likeness (QED) is 0.927. The van der Waals surface area contributed by atoms with Crippen LogP contribution < -0.4 is 4.74 Å². The van der Waals surface area contributed by atoms with Crippen molar-refractivity contribution in [2.24, 2.45) is 11.8 Å². The third kappa shape index (κ3) is 2.77. The van der Waals surface area contributed by atoms with E-state index >= 15 is 0 Å². The summed E-state index contributed by atoms with van der Waals surface area (Å²) < 4.78 is 5.50. The molecule has 1 N–H and O–H groups in total. The molecule has 0 unspecified atom stereocenters. The first-order chi connectivity index (χ1) is 10.1. The Hall–Kier alpha value is -1.55. The van der Waals surface area contributed by atoms with Crippen molar-refractivity contribution >= 4 is 5.97 Å². The zero-order chi connectivity index (χ0) is 15.0. The first-order valence-corrected chi connectivity index (χ1v) is 7.65. The number of carboxylic acid groups (broad SMARTS) is 1. The van der Waals surface area contributed by atoms with Crippen LogP contribution in [0.15, 0.2) is 18.2 Å². The van der Waals surface area contributed by atoms with Crippen LogP contribution >= 0.6 is 0 Å². The van der Waals surface area contributed by atoms with Gasteiger partial charge in [0.1, 0.15) is 5.75 Å². The number of hydrogen-bond donors (Lipinski definition) is 1. The monoisotopic (exact) mass is 289 g/mol. The summed E-state index contributed by atoms with van der Waals surface area (Å²) in [6.45, 7) is 0.896. The SMILES string of the molecule is COc1cccc2c1C[C@H]1C[C@@H](CC(=O)O)CN(C)[C@@H]1C2. The molecule has 1 fully saturated rings. The topological polar surface area (TPSA) is 49.8 Å². The number of aliphatic carboxylic acids is 1. The Morgan fingerprint density at radius 1 is 1.43 bits per heavy atom. The molecule has 1 aliphatic heterocycles. The van der Waals surface area contributed by atoms with Crippen LogP contribution in [0.25, 0.3) is 0 Å². The number of piperidine rings is 1. The van der Waals surface area contributed by atoms with Crippen LogP contribution in [0.2, 0.25) is 0 Å². The lowest BCUT2D eigenvalue weighted by Crippen LogP contribution is -2.50. The fourth-order valence-electron chi connectivity index (χ4n) is 4.21. The summed E-state index contributed by atoms with van der Waals surface area (Å²) >= 11 is 0. The summed E-state index contributed by atoms with van der Waals surface area (Å²) in [4.78, 5) is 13.4. The van der Waals surface area contributed by atoms with E-state index in [4.69, 9.17) is 9.84 Å². The highest BCUT2D eigenvalue weighted by Crippen LogP contribution is 2.40. The van der Waals surface area contributed by atoms with Crippen molar-refractivity contribution in [3.05, 3.63) is 29.3 Å². The number of likely N-dealkylation sites (tertiary alicyclic amines) is 1. The molecule has 0 bridgehead atoms. The third-order valence-electron chi connectivity index (χ3n) is 5.10. The molecule has 0 aromatic heterocycles. The second-order valence-electron chi connectivity index (χ2n) is 6.47. The predicted molar refractivity (Wildman–Crippen MR) is 80.7 cm³/mol. The van der Waals surface area contributed by atoms with E-state index < -0.39 is 5.97 Å². The Morgan fingerprint density at radius 3 is 2.95 bits per heavy atom. The van der Waals surface area contributed by atoms with Gasteiger partial charge in [0.15, 0.2) is 0 Å². The Labute approximate surface area is 125 Å². The maximum Gasteiger partial charge on any atom is 0.303 e. The maximum absolute atomic E-state index is 11.0. The summed E-state index contributed by atoms with van der Waals surface area (Å²) in [6, 6.07) is 6.83. The number of hydrogen-bond acceptors (Lipinski definition) is 3. The first-order valence-electron chi connectivity index (χ1n) is 7.65. The summed E-state index contributed by atoms with van der Waals surface area (Å²) in [7, 11) is 3.86. The van der Waals surface area contributed by atoms with E-state index in [0.717, 1.165) is 31.6 Å². The Morgan fingerprint density at radius 2 is 2.24 bits per heavy atom. The number of rotatable bonds is 3. The molecular formula is C17H23NO3. The highest BCUT2D eigenvalue weighted by Gasteiger charge is 2.38. The van der Waals surface area contributed by atoms with Gasteiger partial charge in [0.05, 0.1) is 7.11 Å². The van der Waals surface area contributed by atoms with E-state index in [1.165, 1.54) is 11.1 Å². The van der Waals surface area contributed by atoms with Crippen LogP contribution in [-0.4, -0.2) is 42.7 Å². The zero-order valence-electron chi connectivity index (χ0n) is 12.7. The first kappa shape index (κ1) is 14.4. The number of carboxylic acids is 1. The van der Waals surface area contributed by atoms with Crippen LogP contribution in [0.5, 0.6) is 5.75 Å². The highest BCUT2D eigenvalue weighted by atomic mass is 16.5. The molecule has 0 amide bonds. The van der Waals surface area contributed by atoms with Crippen LogP contribution in [0.1, 0.15) is 24.0 Å². The Kier molecular flexibility index (Phi) is 3.89. The summed E-state index contributed by atoms with van der Waals surface area (Å²) in [5.41, 5.74) is 2.71. The third-order valence-corrected chi connectivity index (χ3v) is 5.10. The molecule has 4 nitrogen and oxygen atoms in total. The number of likely N-dealkylation sites (N-methyl/N-ethyl adjacent to an activating group) is 1. The number of carbonyl (C=O) groups is 1. The minimum absolute atomic E-state index is 0.269. The molecule has 114 valence electrons. The van der Waals surface area contributed by atoms with Crippen molar-refractivity contribution < 1.29 is 14.6 Å². The van der Waals surface area contributed by atoms with Crippen molar-refractivity contribution in [1.82, 2.24) is 4.90 Å². The number of nitrogens with zero attached hydrogens (tertiary/aromatic N) is 1. The second kappa shape index (κ2) is 5.68. The molecule has 3 atom stereocenters. The lowest BCUT2D eigenvalue weighted by molar-refractivity contribution is -0.138. The number of fused-ring (bicyclic) bond motifs is 2.